The average Bonchev–Trinajstić information content (AvgIpc) is 2.94. The Labute approximate surface area is 130 Å². The van der Waals surface area contributed by atoms with E-state index in [9.17, 15) is 4.79 Å². The Morgan fingerprint density at radius 1 is 0.957 bits per heavy atom. The van der Waals surface area contributed by atoms with Crippen molar-refractivity contribution in [2.45, 2.75) is 6.92 Å². The molecule has 0 amide bonds. The minimum Gasteiger partial charge on any atom is -0.421 e. The van der Waals surface area contributed by atoms with Gasteiger partial charge in [0, 0.05) is 38.8 Å². The van der Waals surface area contributed by atoms with Gasteiger partial charge >= 0.3 is 5.63 Å². The minimum absolute atomic E-state index is 0.385. The highest BCUT2D eigenvalue weighted by Gasteiger charge is 2.16. The molecular weight excluding hydrogens is 288 g/mol. The first-order valence-corrected chi connectivity index (χ1v) is 7.45. The van der Waals surface area contributed by atoms with Gasteiger partial charge in [0.25, 0.3) is 0 Å². The zero-order valence-electron chi connectivity index (χ0n) is 12.4. The van der Waals surface area contributed by atoms with Crippen molar-refractivity contribution in [1.82, 2.24) is 9.97 Å². The molecule has 2 aromatic carbocycles. The highest BCUT2D eigenvalue weighted by atomic mass is 16.4. The van der Waals surface area contributed by atoms with Crippen LogP contribution >= 0.6 is 0 Å². The predicted octanol–water partition coefficient (Wildman–Crippen LogP) is 4.28. The summed E-state index contributed by atoms with van der Waals surface area (Å²) in [5, 5.41) is 4.00. The van der Waals surface area contributed by atoms with Gasteiger partial charge in [-0.3, -0.25) is 0 Å². The Morgan fingerprint density at radius 3 is 2.74 bits per heavy atom. The molecule has 3 heterocycles. The molecule has 0 saturated carbocycles. The van der Waals surface area contributed by atoms with Gasteiger partial charge in [0.15, 0.2) is 5.52 Å². The van der Waals surface area contributed by atoms with Crippen LogP contribution < -0.4 is 5.63 Å². The van der Waals surface area contributed by atoms with Crippen molar-refractivity contribution in [3.63, 3.8) is 0 Å². The molecule has 3 aromatic heterocycles. The van der Waals surface area contributed by atoms with E-state index < -0.39 is 5.63 Å². The van der Waals surface area contributed by atoms with Crippen LogP contribution in [0.15, 0.2) is 57.9 Å². The number of nitrogens with one attached hydrogen (secondary N) is 1. The molecule has 5 rings (SSSR count). The first kappa shape index (κ1) is 12.4. The van der Waals surface area contributed by atoms with Crippen LogP contribution in [-0.4, -0.2) is 9.97 Å². The van der Waals surface area contributed by atoms with Gasteiger partial charge in [0.05, 0.1) is 0 Å². The molecule has 0 atom stereocenters. The molecule has 110 valence electrons. The van der Waals surface area contributed by atoms with Crippen LogP contribution in [0.1, 0.15) is 5.56 Å². The second-order valence-corrected chi connectivity index (χ2v) is 5.77. The molecule has 0 bridgehead atoms. The lowest BCUT2D eigenvalue weighted by Gasteiger charge is -2.06. The minimum atomic E-state index is -0.393. The van der Waals surface area contributed by atoms with Gasteiger partial charge in [0.2, 0.25) is 0 Å². The summed E-state index contributed by atoms with van der Waals surface area (Å²) in [5.74, 6) is 0. The second-order valence-electron chi connectivity index (χ2n) is 5.77. The summed E-state index contributed by atoms with van der Waals surface area (Å²) in [6, 6.07) is 13.9. The maximum atomic E-state index is 12.2. The van der Waals surface area contributed by atoms with E-state index >= 15 is 0 Å². The zero-order valence-corrected chi connectivity index (χ0v) is 12.4. The summed E-state index contributed by atoms with van der Waals surface area (Å²) < 4.78 is 5.52. The average molecular weight is 300 g/mol. The molecule has 0 radical (unpaired) electrons. The van der Waals surface area contributed by atoms with Crippen molar-refractivity contribution < 1.29 is 4.42 Å². The van der Waals surface area contributed by atoms with Crippen LogP contribution in [0.25, 0.3) is 43.7 Å². The van der Waals surface area contributed by atoms with E-state index in [1.807, 2.05) is 43.3 Å². The van der Waals surface area contributed by atoms with Gasteiger partial charge < -0.3 is 9.40 Å². The van der Waals surface area contributed by atoms with Gasteiger partial charge in [-0.1, -0.05) is 18.2 Å². The Balaban J connectivity index is 2.23. The number of aromatic nitrogens is 2. The lowest BCUT2D eigenvalue weighted by molar-refractivity contribution is 0.568. The quantitative estimate of drug-likeness (QED) is 0.343. The van der Waals surface area contributed by atoms with Gasteiger partial charge in [-0.15, -0.1) is 0 Å². The lowest BCUT2D eigenvalue weighted by Crippen LogP contribution is -2.03. The number of fused-ring (bicyclic) bond motifs is 7. The van der Waals surface area contributed by atoms with Crippen molar-refractivity contribution in [3.05, 3.63) is 64.6 Å². The highest BCUT2D eigenvalue weighted by Crippen LogP contribution is 2.35. The van der Waals surface area contributed by atoms with E-state index in [0.717, 1.165) is 38.1 Å². The molecule has 0 saturated heterocycles. The van der Waals surface area contributed by atoms with Crippen molar-refractivity contribution in [1.29, 1.82) is 0 Å². The monoisotopic (exact) mass is 300 g/mol. The molecular formula is C19H12N2O2. The van der Waals surface area contributed by atoms with Crippen molar-refractivity contribution >= 4 is 43.7 Å². The van der Waals surface area contributed by atoms with Gasteiger partial charge in [-0.05, 0) is 36.8 Å². The summed E-state index contributed by atoms with van der Waals surface area (Å²) in [4.78, 5) is 19.9. The SMILES string of the molecule is Cc1ccnc2c(=O)oc3ccc4[nH]c5ccccc5c4c3c12. The number of nitrogens with zero attached hydrogens (tertiary/aromatic N) is 1. The number of pyridine rings is 1. The number of benzene rings is 2. The maximum absolute atomic E-state index is 12.2. The van der Waals surface area contributed by atoms with Gasteiger partial charge in [-0.25, -0.2) is 9.78 Å². The number of rotatable bonds is 0. The molecule has 0 aliphatic heterocycles. The molecule has 0 aliphatic carbocycles. The largest absolute Gasteiger partial charge is 0.421 e. The van der Waals surface area contributed by atoms with Crippen LogP contribution in [0.2, 0.25) is 0 Å². The Kier molecular flexibility index (Phi) is 2.26. The molecule has 4 heteroatoms. The van der Waals surface area contributed by atoms with Crippen LogP contribution in [0.5, 0.6) is 0 Å². The summed E-state index contributed by atoms with van der Waals surface area (Å²) >= 11 is 0. The molecule has 0 spiro atoms. The number of hydrogen-bond acceptors (Lipinski definition) is 3. The second kappa shape index (κ2) is 4.20. The van der Waals surface area contributed by atoms with Crippen molar-refractivity contribution in [3.8, 4) is 0 Å². The summed E-state index contributed by atoms with van der Waals surface area (Å²) in [5.41, 5.74) is 3.69. The number of aryl methyl sites for hydroxylation is 1. The fraction of sp³-hybridized carbons (Fsp3) is 0.0526. The van der Waals surface area contributed by atoms with E-state index in [1.54, 1.807) is 6.20 Å². The third-order valence-corrected chi connectivity index (χ3v) is 4.44. The maximum Gasteiger partial charge on any atom is 0.363 e. The number of H-pyrrole nitrogens is 1. The van der Waals surface area contributed by atoms with E-state index in [-0.39, 0.29) is 0 Å². The summed E-state index contributed by atoms with van der Waals surface area (Å²) in [7, 11) is 0. The van der Waals surface area contributed by atoms with E-state index in [2.05, 4.69) is 16.0 Å². The van der Waals surface area contributed by atoms with E-state index in [4.69, 9.17) is 4.42 Å². The Hall–Kier alpha value is -3.14. The van der Waals surface area contributed by atoms with Crippen molar-refractivity contribution in [2.75, 3.05) is 0 Å². The molecule has 23 heavy (non-hydrogen) atoms. The summed E-state index contributed by atoms with van der Waals surface area (Å²) in [6.07, 6.45) is 1.65. The highest BCUT2D eigenvalue weighted by molar-refractivity contribution is 6.26. The number of aromatic amines is 1. The van der Waals surface area contributed by atoms with Crippen LogP contribution in [-0.2, 0) is 0 Å². The first-order valence-electron chi connectivity index (χ1n) is 7.45. The molecule has 0 aliphatic rings. The third kappa shape index (κ3) is 1.55. The topological polar surface area (TPSA) is 58.9 Å². The molecule has 4 nitrogen and oxygen atoms in total. The number of para-hydroxylation sites is 1. The van der Waals surface area contributed by atoms with Gasteiger partial charge in [-0.2, -0.15) is 0 Å². The molecule has 0 fully saturated rings. The molecule has 0 unspecified atom stereocenters. The fourth-order valence-electron chi connectivity index (χ4n) is 3.43. The van der Waals surface area contributed by atoms with Crippen molar-refractivity contribution in [2.24, 2.45) is 0 Å². The zero-order chi connectivity index (χ0) is 15.6. The Morgan fingerprint density at radius 2 is 1.83 bits per heavy atom. The fourth-order valence-corrected chi connectivity index (χ4v) is 3.43. The Bertz CT molecular complexity index is 1300. The smallest absolute Gasteiger partial charge is 0.363 e. The van der Waals surface area contributed by atoms with Gasteiger partial charge in [0.1, 0.15) is 5.58 Å². The predicted molar refractivity (Wildman–Crippen MR) is 91.9 cm³/mol. The number of hydrogen-bond donors (Lipinski definition) is 1. The van der Waals surface area contributed by atoms with E-state index in [1.165, 1.54) is 0 Å². The van der Waals surface area contributed by atoms with E-state index in [0.29, 0.717) is 11.1 Å². The lowest BCUT2D eigenvalue weighted by atomic mass is 10.0. The van der Waals surface area contributed by atoms with Crippen LogP contribution in [0.4, 0.5) is 0 Å². The summed E-state index contributed by atoms with van der Waals surface area (Å²) in [6.45, 7) is 2.00. The first-order chi connectivity index (χ1) is 11.2. The standard InChI is InChI=1S/C19H12N2O2/c1-10-8-9-20-18-15(10)17-14(23-19(18)22)7-6-13-16(17)11-4-2-3-5-12(11)21-13/h2-9,21H,1H3. The molecule has 1 N–H and O–H groups in total. The third-order valence-electron chi connectivity index (χ3n) is 4.44. The molecule has 5 aromatic rings. The normalized spacial score (nSPS) is 11.9. The van der Waals surface area contributed by atoms with Crippen LogP contribution in [0.3, 0.4) is 0 Å². The van der Waals surface area contributed by atoms with Crippen LogP contribution in [0, 0.1) is 6.92 Å².